The van der Waals surface area contributed by atoms with E-state index in [1.165, 1.54) is 51.5 Å². The third kappa shape index (κ3) is 2.49. The molecule has 0 N–H and O–H groups in total. The van der Waals surface area contributed by atoms with Gasteiger partial charge in [0.25, 0.3) is 0 Å². The highest BCUT2D eigenvalue weighted by atomic mass is 16.1. The van der Waals surface area contributed by atoms with Crippen molar-refractivity contribution in [2.24, 2.45) is 11.8 Å². The first-order valence-electron chi connectivity index (χ1n) is 8.01. The van der Waals surface area contributed by atoms with Crippen molar-refractivity contribution in [1.82, 2.24) is 4.90 Å². The Morgan fingerprint density at radius 1 is 1.00 bits per heavy atom. The van der Waals surface area contributed by atoms with E-state index in [0.717, 1.165) is 24.7 Å². The zero-order valence-corrected chi connectivity index (χ0v) is 11.7. The molecule has 4 unspecified atom stereocenters. The Bertz CT molecular complexity index is 298. The minimum Gasteiger partial charge on any atom is -0.300 e. The minimum absolute atomic E-state index is 0.526. The maximum atomic E-state index is 11.8. The number of nitrogens with zero attached hydrogens (tertiary/aromatic N) is 1. The summed E-state index contributed by atoms with van der Waals surface area (Å²) in [4.78, 5) is 14.5. The molecule has 0 aromatic carbocycles. The molecule has 3 aliphatic rings. The zero-order valence-electron chi connectivity index (χ0n) is 11.7. The monoisotopic (exact) mass is 249 g/mol. The number of carbonyl (C=O) groups excluding carboxylic acids is 1. The lowest BCUT2D eigenvalue weighted by Crippen LogP contribution is -2.54. The summed E-state index contributed by atoms with van der Waals surface area (Å²) >= 11 is 0. The van der Waals surface area contributed by atoms with Gasteiger partial charge in [-0.25, -0.2) is 0 Å². The van der Waals surface area contributed by atoms with Crippen LogP contribution in [0.3, 0.4) is 0 Å². The first kappa shape index (κ1) is 12.7. The number of carbonyl (C=O) groups is 1. The van der Waals surface area contributed by atoms with Crippen LogP contribution >= 0.6 is 0 Å². The minimum atomic E-state index is 0.526. The van der Waals surface area contributed by atoms with Gasteiger partial charge in [0.05, 0.1) is 0 Å². The molecule has 102 valence electrons. The molecule has 3 rings (SSSR count). The van der Waals surface area contributed by atoms with Crippen molar-refractivity contribution < 1.29 is 4.79 Å². The van der Waals surface area contributed by atoms with E-state index in [9.17, 15) is 4.79 Å². The van der Waals surface area contributed by atoms with Gasteiger partial charge in [0.2, 0.25) is 0 Å². The summed E-state index contributed by atoms with van der Waals surface area (Å²) in [6, 6.07) is 1.19. The summed E-state index contributed by atoms with van der Waals surface area (Å²) in [5, 5.41) is 0. The molecule has 18 heavy (non-hydrogen) atoms. The maximum Gasteiger partial charge on any atom is 0.136 e. The molecule has 2 heteroatoms. The summed E-state index contributed by atoms with van der Waals surface area (Å²) < 4.78 is 0. The average molecular weight is 249 g/mol. The molecule has 1 saturated carbocycles. The van der Waals surface area contributed by atoms with Crippen molar-refractivity contribution in [1.29, 1.82) is 0 Å². The normalized spacial score (nSPS) is 41.9. The van der Waals surface area contributed by atoms with Crippen molar-refractivity contribution in [3.05, 3.63) is 0 Å². The van der Waals surface area contributed by atoms with E-state index in [1.807, 2.05) is 0 Å². The van der Waals surface area contributed by atoms with Crippen molar-refractivity contribution in [3.8, 4) is 0 Å². The van der Waals surface area contributed by atoms with Crippen molar-refractivity contribution in [3.63, 3.8) is 0 Å². The molecule has 2 aliphatic heterocycles. The molecule has 2 nitrogen and oxygen atoms in total. The Balaban J connectivity index is 1.66. The number of ketones is 1. The van der Waals surface area contributed by atoms with Crippen LogP contribution in [0.4, 0.5) is 0 Å². The lowest BCUT2D eigenvalue weighted by molar-refractivity contribution is -0.127. The largest absolute Gasteiger partial charge is 0.300 e. The van der Waals surface area contributed by atoms with Gasteiger partial charge in [-0.1, -0.05) is 32.6 Å². The SMILES string of the molecule is CC1CCCCC1CN1C2CCCC1CC(=O)C2. The molecule has 2 heterocycles. The van der Waals surface area contributed by atoms with Gasteiger partial charge < -0.3 is 0 Å². The molecule has 0 radical (unpaired) electrons. The topological polar surface area (TPSA) is 20.3 Å². The van der Waals surface area contributed by atoms with Gasteiger partial charge in [0, 0.05) is 31.5 Å². The van der Waals surface area contributed by atoms with E-state index in [-0.39, 0.29) is 0 Å². The van der Waals surface area contributed by atoms with Gasteiger partial charge >= 0.3 is 0 Å². The molecule has 0 aromatic rings. The third-order valence-electron chi connectivity index (χ3n) is 5.67. The Morgan fingerprint density at radius 3 is 2.33 bits per heavy atom. The van der Waals surface area contributed by atoms with Crippen LogP contribution in [-0.4, -0.2) is 29.3 Å². The first-order valence-corrected chi connectivity index (χ1v) is 8.01. The Labute approximate surface area is 111 Å². The molecule has 3 fully saturated rings. The lowest BCUT2D eigenvalue weighted by atomic mass is 9.77. The molecule has 1 aliphatic carbocycles. The third-order valence-corrected chi connectivity index (χ3v) is 5.67. The summed E-state index contributed by atoms with van der Waals surface area (Å²) in [7, 11) is 0. The van der Waals surface area contributed by atoms with Crippen molar-refractivity contribution in [2.75, 3.05) is 6.54 Å². The highest BCUT2D eigenvalue weighted by Crippen LogP contribution is 2.36. The molecule has 2 bridgehead atoms. The predicted octanol–water partition coefficient (Wildman–Crippen LogP) is 3.40. The van der Waals surface area contributed by atoms with E-state index in [4.69, 9.17) is 0 Å². The fourth-order valence-corrected chi connectivity index (χ4v) is 4.50. The van der Waals surface area contributed by atoms with E-state index in [2.05, 4.69) is 11.8 Å². The van der Waals surface area contributed by atoms with E-state index in [1.54, 1.807) is 0 Å². The Hall–Kier alpha value is -0.370. The second-order valence-corrected chi connectivity index (χ2v) is 6.90. The Kier molecular flexibility index (Phi) is 3.74. The van der Waals surface area contributed by atoms with Gasteiger partial charge in [0.1, 0.15) is 5.78 Å². The fourth-order valence-electron chi connectivity index (χ4n) is 4.50. The van der Waals surface area contributed by atoms with Gasteiger partial charge in [-0.15, -0.1) is 0 Å². The summed E-state index contributed by atoms with van der Waals surface area (Å²) in [6.45, 7) is 3.72. The van der Waals surface area contributed by atoms with Gasteiger partial charge in [-0.2, -0.15) is 0 Å². The van der Waals surface area contributed by atoms with Crippen LogP contribution < -0.4 is 0 Å². The summed E-state index contributed by atoms with van der Waals surface area (Å²) in [6.07, 6.45) is 11.3. The van der Waals surface area contributed by atoms with Crippen molar-refractivity contribution >= 4 is 5.78 Å². The van der Waals surface area contributed by atoms with Crippen LogP contribution in [0.5, 0.6) is 0 Å². The second kappa shape index (κ2) is 5.32. The van der Waals surface area contributed by atoms with Crippen molar-refractivity contribution in [2.45, 2.75) is 76.8 Å². The molecule has 0 amide bonds. The Morgan fingerprint density at radius 2 is 1.67 bits per heavy atom. The fraction of sp³-hybridized carbons (Fsp3) is 0.938. The highest BCUT2D eigenvalue weighted by Gasteiger charge is 2.39. The molecular formula is C16H27NO. The second-order valence-electron chi connectivity index (χ2n) is 6.90. The van der Waals surface area contributed by atoms with Crippen LogP contribution in [0.15, 0.2) is 0 Å². The average Bonchev–Trinajstić information content (AvgIpc) is 2.33. The lowest BCUT2D eigenvalue weighted by Gasteiger charge is -2.48. The molecular weight excluding hydrogens is 222 g/mol. The van der Waals surface area contributed by atoms with Crippen LogP contribution in [0.2, 0.25) is 0 Å². The van der Waals surface area contributed by atoms with Crippen LogP contribution in [0, 0.1) is 11.8 Å². The number of Topliss-reactive ketones (excluding diaryl/α,β-unsaturated/α-hetero) is 1. The highest BCUT2D eigenvalue weighted by molar-refractivity contribution is 5.80. The number of rotatable bonds is 2. The summed E-state index contributed by atoms with van der Waals surface area (Å²) in [5.74, 6) is 2.32. The van der Waals surface area contributed by atoms with Crippen LogP contribution in [0.1, 0.15) is 64.7 Å². The molecule has 0 aromatic heterocycles. The van der Waals surface area contributed by atoms with E-state index < -0.39 is 0 Å². The molecule has 0 spiro atoms. The van der Waals surface area contributed by atoms with E-state index in [0.29, 0.717) is 17.9 Å². The quantitative estimate of drug-likeness (QED) is 0.747. The number of hydrogen-bond acceptors (Lipinski definition) is 2. The van der Waals surface area contributed by atoms with Gasteiger partial charge in [-0.3, -0.25) is 9.69 Å². The number of piperidine rings is 2. The van der Waals surface area contributed by atoms with Gasteiger partial charge in [0.15, 0.2) is 0 Å². The zero-order chi connectivity index (χ0) is 12.5. The molecule has 4 atom stereocenters. The number of fused-ring (bicyclic) bond motifs is 2. The number of hydrogen-bond donors (Lipinski definition) is 0. The van der Waals surface area contributed by atoms with Gasteiger partial charge in [-0.05, 0) is 31.1 Å². The standard InChI is InChI=1S/C16H27NO/c1-12-5-2-3-6-13(12)11-17-14-7-4-8-15(17)10-16(18)9-14/h12-15H,2-11H2,1H3. The summed E-state index contributed by atoms with van der Waals surface area (Å²) in [5.41, 5.74) is 0. The smallest absolute Gasteiger partial charge is 0.136 e. The van der Waals surface area contributed by atoms with Crippen LogP contribution in [0.25, 0.3) is 0 Å². The van der Waals surface area contributed by atoms with E-state index >= 15 is 0 Å². The predicted molar refractivity (Wildman–Crippen MR) is 73.5 cm³/mol. The van der Waals surface area contributed by atoms with Crippen LogP contribution in [-0.2, 0) is 4.79 Å². The first-order chi connectivity index (χ1) is 8.74. The molecule has 2 saturated heterocycles. The maximum absolute atomic E-state index is 11.8.